The van der Waals surface area contributed by atoms with E-state index in [1.807, 2.05) is 35.1 Å². The van der Waals surface area contributed by atoms with E-state index in [0.717, 1.165) is 31.9 Å². The molecule has 178 valence electrons. The Hall–Kier alpha value is -4.54. The first kappa shape index (κ1) is 22.3. The Balaban J connectivity index is 1.24. The molecule has 11 nitrogen and oxygen atoms in total. The molecule has 11 heteroatoms. The van der Waals surface area contributed by atoms with Crippen molar-refractivity contribution in [3.05, 3.63) is 72.8 Å². The molecule has 3 heterocycles. The number of rotatable bonds is 7. The molecule has 1 aliphatic rings. The number of nitrogens with one attached hydrogen (secondary N) is 2. The van der Waals surface area contributed by atoms with E-state index < -0.39 is 0 Å². The summed E-state index contributed by atoms with van der Waals surface area (Å²) in [7, 11) is 0. The van der Waals surface area contributed by atoms with Gasteiger partial charge in [-0.3, -0.25) is 4.79 Å². The molecule has 2 aromatic heterocycles. The number of nitrogens with zero attached hydrogens (tertiary/aromatic N) is 8. The van der Waals surface area contributed by atoms with Crippen LogP contribution in [0.2, 0.25) is 0 Å². The van der Waals surface area contributed by atoms with Crippen molar-refractivity contribution in [2.24, 2.45) is 0 Å². The van der Waals surface area contributed by atoms with Crippen LogP contribution >= 0.6 is 0 Å². The van der Waals surface area contributed by atoms with Crippen molar-refractivity contribution in [3.63, 3.8) is 0 Å². The topological polar surface area (TPSA) is 117 Å². The van der Waals surface area contributed by atoms with Crippen molar-refractivity contribution in [2.45, 2.75) is 13.5 Å². The van der Waals surface area contributed by atoms with Crippen molar-refractivity contribution in [2.75, 3.05) is 46.6 Å². The summed E-state index contributed by atoms with van der Waals surface area (Å²) in [5, 5.41) is 14.0. The van der Waals surface area contributed by atoms with Crippen molar-refractivity contribution in [1.29, 1.82) is 0 Å². The molecule has 2 aromatic carbocycles. The number of hydrogen-bond donors (Lipinski definition) is 2. The largest absolute Gasteiger partial charge is 0.368 e. The summed E-state index contributed by atoms with van der Waals surface area (Å²) in [5.41, 5.74) is 3.90. The van der Waals surface area contributed by atoms with E-state index in [-0.39, 0.29) is 5.91 Å². The van der Waals surface area contributed by atoms with Crippen LogP contribution in [0.1, 0.15) is 12.5 Å². The Morgan fingerprint density at radius 1 is 0.971 bits per heavy atom. The number of anilines is 5. The van der Waals surface area contributed by atoms with E-state index in [2.05, 4.69) is 70.0 Å². The van der Waals surface area contributed by atoms with E-state index in [4.69, 9.17) is 0 Å². The predicted octanol–water partition coefficient (Wildman–Crippen LogP) is 2.54. The zero-order valence-electron chi connectivity index (χ0n) is 19.4. The van der Waals surface area contributed by atoms with Crippen LogP contribution in [-0.2, 0) is 11.3 Å². The second-order valence-electron chi connectivity index (χ2n) is 8.20. The highest BCUT2D eigenvalue weighted by Gasteiger charge is 2.21. The Kier molecular flexibility index (Phi) is 6.46. The summed E-state index contributed by atoms with van der Waals surface area (Å²) >= 11 is 0. The zero-order chi connectivity index (χ0) is 24.0. The minimum absolute atomic E-state index is 0.121. The van der Waals surface area contributed by atoms with Crippen molar-refractivity contribution < 1.29 is 4.79 Å². The van der Waals surface area contributed by atoms with Crippen LogP contribution in [0.3, 0.4) is 0 Å². The average molecular weight is 471 g/mol. The second kappa shape index (κ2) is 10.2. The number of carbonyl (C=O) groups excluding carboxylic acids is 1. The fourth-order valence-electron chi connectivity index (χ4n) is 4.10. The Labute approximate surface area is 202 Å². The predicted molar refractivity (Wildman–Crippen MR) is 134 cm³/mol. The maximum atomic E-state index is 11.3. The summed E-state index contributed by atoms with van der Waals surface area (Å²) in [6.07, 6.45) is 5.08. The first-order valence-corrected chi connectivity index (χ1v) is 11.4. The van der Waals surface area contributed by atoms with Crippen LogP contribution < -0.4 is 20.4 Å². The highest BCUT2D eigenvalue weighted by molar-refractivity contribution is 5.89. The van der Waals surface area contributed by atoms with Gasteiger partial charge in [0.05, 0.1) is 12.7 Å². The molecule has 35 heavy (non-hydrogen) atoms. The minimum atomic E-state index is -0.121. The molecule has 1 fully saturated rings. The van der Waals surface area contributed by atoms with Gasteiger partial charge in [-0.1, -0.05) is 29.5 Å². The Morgan fingerprint density at radius 2 is 1.77 bits per heavy atom. The van der Waals surface area contributed by atoms with E-state index in [9.17, 15) is 4.79 Å². The summed E-state index contributed by atoms with van der Waals surface area (Å²) in [4.78, 5) is 29.1. The summed E-state index contributed by atoms with van der Waals surface area (Å²) in [5.74, 6) is 0.969. The van der Waals surface area contributed by atoms with Gasteiger partial charge in [-0.05, 0) is 29.8 Å². The summed E-state index contributed by atoms with van der Waals surface area (Å²) in [6, 6.07) is 15.8. The smallest absolute Gasteiger partial charge is 0.231 e. The molecule has 0 aliphatic carbocycles. The van der Waals surface area contributed by atoms with Gasteiger partial charge < -0.3 is 20.4 Å². The monoisotopic (exact) mass is 470 g/mol. The fourth-order valence-corrected chi connectivity index (χ4v) is 4.10. The first-order valence-electron chi connectivity index (χ1n) is 11.4. The minimum Gasteiger partial charge on any atom is -0.368 e. The van der Waals surface area contributed by atoms with Crippen LogP contribution in [0.25, 0.3) is 0 Å². The molecule has 5 rings (SSSR count). The zero-order valence-corrected chi connectivity index (χ0v) is 19.4. The maximum absolute atomic E-state index is 11.3. The standard InChI is InChI=1S/C24H26N10O/c1-18(35)28-20-6-4-7-21(15-20)29-23-25-17-26-24(30-23)33-13-11-32(12-14-33)22-8-3-2-5-19(22)16-34-10-9-27-31-34/h2-10,15,17H,11-14,16H2,1H3,(H,28,35)(H,25,26,29,30). The third kappa shape index (κ3) is 5.52. The normalized spacial score (nSPS) is 13.5. The second-order valence-corrected chi connectivity index (χ2v) is 8.20. The lowest BCUT2D eigenvalue weighted by atomic mass is 10.1. The van der Waals surface area contributed by atoms with Gasteiger partial charge in [-0.25, -0.2) is 14.6 Å². The van der Waals surface area contributed by atoms with Gasteiger partial charge in [0.1, 0.15) is 6.33 Å². The summed E-state index contributed by atoms with van der Waals surface area (Å²) < 4.78 is 1.83. The SMILES string of the molecule is CC(=O)Nc1cccc(Nc2ncnc(N3CCN(c4ccccc4Cn4ccnn4)CC3)n2)c1. The molecule has 2 N–H and O–H groups in total. The first-order chi connectivity index (χ1) is 17.1. The van der Waals surface area contributed by atoms with E-state index in [1.54, 1.807) is 6.20 Å². The Morgan fingerprint density at radius 3 is 2.57 bits per heavy atom. The third-order valence-electron chi connectivity index (χ3n) is 5.70. The van der Waals surface area contributed by atoms with Gasteiger partial charge in [-0.2, -0.15) is 4.98 Å². The summed E-state index contributed by atoms with van der Waals surface area (Å²) in [6.45, 7) is 5.44. The number of para-hydroxylation sites is 1. The Bertz CT molecular complexity index is 1280. The quantitative estimate of drug-likeness (QED) is 0.420. The van der Waals surface area contributed by atoms with Crippen LogP contribution in [0, 0.1) is 0 Å². The lowest BCUT2D eigenvalue weighted by Gasteiger charge is -2.37. The number of piperazine rings is 1. The van der Waals surface area contributed by atoms with Gasteiger partial charge in [0.15, 0.2) is 0 Å². The molecular weight excluding hydrogens is 444 g/mol. The van der Waals surface area contributed by atoms with Crippen molar-refractivity contribution in [1.82, 2.24) is 29.9 Å². The van der Waals surface area contributed by atoms with Crippen molar-refractivity contribution >= 4 is 34.9 Å². The van der Waals surface area contributed by atoms with Gasteiger partial charge >= 0.3 is 0 Å². The molecular formula is C24H26N10O. The molecule has 1 amide bonds. The highest BCUT2D eigenvalue weighted by atomic mass is 16.1. The van der Waals surface area contributed by atoms with Crippen molar-refractivity contribution in [3.8, 4) is 0 Å². The molecule has 0 radical (unpaired) electrons. The van der Waals surface area contributed by atoms with Crippen LogP contribution in [0.15, 0.2) is 67.3 Å². The molecule has 1 saturated heterocycles. The van der Waals surface area contributed by atoms with Crippen LogP contribution in [0.4, 0.5) is 29.0 Å². The lowest BCUT2D eigenvalue weighted by molar-refractivity contribution is -0.114. The van der Waals surface area contributed by atoms with Crippen LogP contribution in [-0.4, -0.2) is 62.0 Å². The van der Waals surface area contributed by atoms with Crippen LogP contribution in [0.5, 0.6) is 0 Å². The number of hydrogen-bond acceptors (Lipinski definition) is 9. The fraction of sp³-hybridized carbons (Fsp3) is 0.250. The maximum Gasteiger partial charge on any atom is 0.231 e. The molecule has 1 aliphatic heterocycles. The van der Waals surface area contributed by atoms with Gasteiger partial charge in [0.2, 0.25) is 17.8 Å². The third-order valence-corrected chi connectivity index (χ3v) is 5.70. The van der Waals surface area contributed by atoms with Gasteiger partial charge in [-0.15, -0.1) is 5.10 Å². The average Bonchev–Trinajstić information content (AvgIpc) is 3.38. The molecule has 0 unspecified atom stereocenters. The van der Waals surface area contributed by atoms with E-state index in [0.29, 0.717) is 24.1 Å². The number of carbonyl (C=O) groups is 1. The number of amides is 1. The molecule has 0 bridgehead atoms. The molecule has 4 aromatic rings. The molecule has 0 atom stereocenters. The number of aromatic nitrogens is 6. The lowest BCUT2D eigenvalue weighted by Crippen LogP contribution is -2.47. The van der Waals surface area contributed by atoms with Gasteiger partial charge in [0, 0.05) is 56.4 Å². The molecule has 0 saturated carbocycles. The van der Waals surface area contributed by atoms with E-state index in [1.165, 1.54) is 24.5 Å². The number of benzene rings is 2. The van der Waals surface area contributed by atoms with E-state index >= 15 is 0 Å². The van der Waals surface area contributed by atoms with Gasteiger partial charge in [0.25, 0.3) is 0 Å². The molecule has 0 spiro atoms. The highest BCUT2D eigenvalue weighted by Crippen LogP contribution is 2.24.